The molecule has 1 saturated heterocycles. The Kier molecular flexibility index (Phi) is 6.95. The molecule has 2 N–H and O–H groups in total. The van der Waals surface area contributed by atoms with E-state index in [2.05, 4.69) is 41.4 Å². The fourth-order valence-corrected chi connectivity index (χ4v) is 5.29. The molecule has 2 heterocycles. The number of nitrogens with zero attached hydrogens (tertiary/aromatic N) is 3. The van der Waals surface area contributed by atoms with Gasteiger partial charge in [-0.15, -0.1) is 0 Å². The SMILES string of the molecule is CC(=O)N[C@H]1CCN(c2cc3c(N[C@H](C)c4cccc(C(F)(F)F)c4C)nc(C)nc3cc2Br)C1. The first kappa shape index (κ1) is 25.2. The van der Waals surface area contributed by atoms with Crippen molar-refractivity contribution in [3.8, 4) is 0 Å². The number of carbonyl (C=O) groups excluding carboxylic acids is 1. The summed E-state index contributed by atoms with van der Waals surface area (Å²) in [6, 6.07) is 7.81. The Labute approximate surface area is 210 Å². The van der Waals surface area contributed by atoms with Crippen LogP contribution in [0, 0.1) is 13.8 Å². The van der Waals surface area contributed by atoms with Crippen LogP contribution in [-0.4, -0.2) is 35.0 Å². The van der Waals surface area contributed by atoms with Crippen LogP contribution in [0.3, 0.4) is 0 Å². The number of rotatable bonds is 5. The zero-order valence-corrected chi connectivity index (χ0v) is 21.5. The molecule has 1 aromatic heterocycles. The van der Waals surface area contributed by atoms with E-state index >= 15 is 0 Å². The van der Waals surface area contributed by atoms with Gasteiger partial charge in [0.15, 0.2) is 0 Å². The minimum absolute atomic E-state index is 0.0522. The van der Waals surface area contributed by atoms with Crippen molar-refractivity contribution in [2.75, 3.05) is 23.3 Å². The number of alkyl halides is 3. The maximum Gasteiger partial charge on any atom is 0.416 e. The lowest BCUT2D eigenvalue weighted by atomic mass is 9.97. The van der Waals surface area contributed by atoms with Crippen molar-refractivity contribution >= 4 is 44.2 Å². The van der Waals surface area contributed by atoms with Crippen LogP contribution in [0.5, 0.6) is 0 Å². The molecular weight excluding hydrogens is 523 g/mol. The number of hydrogen-bond acceptors (Lipinski definition) is 5. The van der Waals surface area contributed by atoms with Crippen molar-refractivity contribution in [1.82, 2.24) is 15.3 Å². The molecule has 10 heteroatoms. The molecule has 3 aromatic rings. The van der Waals surface area contributed by atoms with Gasteiger partial charge in [-0.2, -0.15) is 13.2 Å². The number of benzene rings is 2. The fourth-order valence-electron chi connectivity index (χ4n) is 4.70. The summed E-state index contributed by atoms with van der Waals surface area (Å²) in [5.74, 6) is 1.06. The zero-order chi connectivity index (χ0) is 25.5. The Morgan fingerprint density at radius 1 is 1.23 bits per heavy atom. The lowest BCUT2D eigenvalue weighted by Gasteiger charge is -2.23. The summed E-state index contributed by atoms with van der Waals surface area (Å²) >= 11 is 3.65. The monoisotopic (exact) mass is 549 g/mol. The van der Waals surface area contributed by atoms with Gasteiger partial charge in [0.05, 0.1) is 22.8 Å². The molecule has 186 valence electrons. The molecule has 0 radical (unpaired) electrons. The largest absolute Gasteiger partial charge is 0.416 e. The molecule has 2 aromatic carbocycles. The van der Waals surface area contributed by atoms with E-state index in [4.69, 9.17) is 0 Å². The van der Waals surface area contributed by atoms with Crippen molar-refractivity contribution in [1.29, 1.82) is 0 Å². The van der Waals surface area contributed by atoms with Gasteiger partial charge in [0, 0.05) is 35.9 Å². The second-order valence-electron chi connectivity index (χ2n) is 8.96. The standard InChI is InChI=1S/C25H27BrF3N5O/c1-13-18(6-5-7-20(13)25(27,28)29)14(2)30-24-19-10-23(21(26)11-22(19)31-15(3)32-24)34-9-8-17(12-34)33-16(4)35/h5-7,10-11,14,17H,8-9,12H2,1-4H3,(H,33,35)(H,30,31,32)/t14-,17+/m1/s1. The van der Waals surface area contributed by atoms with Crippen LogP contribution in [0.1, 0.15) is 48.8 Å². The Balaban J connectivity index is 1.69. The number of carbonyl (C=O) groups is 1. The van der Waals surface area contributed by atoms with Gasteiger partial charge in [0.1, 0.15) is 11.6 Å². The topological polar surface area (TPSA) is 70.2 Å². The number of anilines is 2. The molecular formula is C25H27BrF3N5O. The average Bonchev–Trinajstić information content (AvgIpc) is 3.19. The molecule has 0 aliphatic carbocycles. The Morgan fingerprint density at radius 2 is 1.97 bits per heavy atom. The van der Waals surface area contributed by atoms with Gasteiger partial charge in [-0.1, -0.05) is 12.1 Å². The van der Waals surface area contributed by atoms with Crippen molar-refractivity contribution in [3.05, 3.63) is 57.3 Å². The third-order valence-electron chi connectivity index (χ3n) is 6.31. The molecule has 6 nitrogen and oxygen atoms in total. The Morgan fingerprint density at radius 3 is 2.66 bits per heavy atom. The Hall–Kier alpha value is -2.88. The van der Waals surface area contributed by atoms with Gasteiger partial charge in [0.2, 0.25) is 5.91 Å². The van der Waals surface area contributed by atoms with Gasteiger partial charge < -0.3 is 15.5 Å². The molecule has 2 atom stereocenters. The summed E-state index contributed by atoms with van der Waals surface area (Å²) in [7, 11) is 0. The van der Waals surface area contributed by atoms with Crippen molar-refractivity contribution in [3.63, 3.8) is 0 Å². The van der Waals surface area contributed by atoms with Crippen molar-refractivity contribution in [2.45, 2.75) is 52.4 Å². The smallest absolute Gasteiger partial charge is 0.368 e. The van der Waals surface area contributed by atoms with Gasteiger partial charge in [-0.3, -0.25) is 4.79 Å². The number of nitrogens with one attached hydrogen (secondary N) is 2. The summed E-state index contributed by atoms with van der Waals surface area (Å²) in [4.78, 5) is 22.8. The van der Waals surface area contributed by atoms with Crippen LogP contribution in [0.4, 0.5) is 24.7 Å². The first-order valence-electron chi connectivity index (χ1n) is 11.4. The number of fused-ring (bicyclic) bond motifs is 1. The van der Waals surface area contributed by atoms with Crippen LogP contribution in [0.2, 0.25) is 0 Å². The summed E-state index contributed by atoms with van der Waals surface area (Å²) in [5, 5.41) is 7.06. The van der Waals surface area contributed by atoms with Gasteiger partial charge in [-0.05, 0) is 72.4 Å². The molecule has 35 heavy (non-hydrogen) atoms. The Bertz CT molecular complexity index is 1280. The zero-order valence-electron chi connectivity index (χ0n) is 19.9. The average molecular weight is 550 g/mol. The van der Waals surface area contributed by atoms with E-state index in [1.165, 1.54) is 19.9 Å². The fraction of sp³-hybridized carbons (Fsp3) is 0.400. The molecule has 1 amide bonds. The van der Waals surface area contributed by atoms with E-state index in [1.807, 2.05) is 19.1 Å². The second kappa shape index (κ2) is 9.64. The number of amides is 1. The highest BCUT2D eigenvalue weighted by atomic mass is 79.9. The molecule has 1 aliphatic rings. The molecule has 0 saturated carbocycles. The highest BCUT2D eigenvalue weighted by Crippen LogP contribution is 2.38. The van der Waals surface area contributed by atoms with E-state index in [0.29, 0.717) is 23.8 Å². The predicted octanol–water partition coefficient (Wildman–Crippen LogP) is 5.92. The van der Waals surface area contributed by atoms with E-state index in [1.54, 1.807) is 13.0 Å². The van der Waals surface area contributed by atoms with Crippen LogP contribution >= 0.6 is 15.9 Å². The van der Waals surface area contributed by atoms with E-state index < -0.39 is 17.8 Å². The number of halogens is 4. The number of aryl methyl sites for hydroxylation is 1. The second-order valence-corrected chi connectivity index (χ2v) is 9.81. The maximum atomic E-state index is 13.4. The lowest BCUT2D eigenvalue weighted by molar-refractivity contribution is -0.138. The van der Waals surface area contributed by atoms with Crippen LogP contribution < -0.4 is 15.5 Å². The van der Waals surface area contributed by atoms with Crippen LogP contribution in [-0.2, 0) is 11.0 Å². The van der Waals surface area contributed by atoms with E-state index in [9.17, 15) is 18.0 Å². The quantitative estimate of drug-likeness (QED) is 0.413. The van der Waals surface area contributed by atoms with Gasteiger partial charge in [0.25, 0.3) is 0 Å². The van der Waals surface area contributed by atoms with Crippen molar-refractivity contribution in [2.24, 2.45) is 0 Å². The third kappa shape index (κ3) is 5.37. The summed E-state index contributed by atoms with van der Waals surface area (Å²) < 4.78 is 41.2. The van der Waals surface area contributed by atoms with Crippen LogP contribution in [0.15, 0.2) is 34.8 Å². The summed E-state index contributed by atoms with van der Waals surface area (Å²) in [6.45, 7) is 8.08. The van der Waals surface area contributed by atoms with Crippen LogP contribution in [0.25, 0.3) is 10.9 Å². The molecule has 4 rings (SSSR count). The first-order chi connectivity index (χ1) is 16.4. The van der Waals surface area contributed by atoms with Gasteiger partial charge >= 0.3 is 6.18 Å². The minimum atomic E-state index is -4.41. The highest BCUT2D eigenvalue weighted by molar-refractivity contribution is 9.10. The maximum absolute atomic E-state index is 13.4. The highest BCUT2D eigenvalue weighted by Gasteiger charge is 2.33. The lowest BCUT2D eigenvalue weighted by Crippen LogP contribution is -2.35. The minimum Gasteiger partial charge on any atom is -0.368 e. The van der Waals surface area contributed by atoms with E-state index in [0.717, 1.165) is 40.1 Å². The molecule has 0 unspecified atom stereocenters. The molecule has 0 spiro atoms. The predicted molar refractivity (Wildman–Crippen MR) is 135 cm³/mol. The van der Waals surface area contributed by atoms with Gasteiger partial charge in [-0.25, -0.2) is 9.97 Å². The molecule has 0 bridgehead atoms. The third-order valence-corrected chi connectivity index (χ3v) is 6.95. The number of hydrogen-bond donors (Lipinski definition) is 2. The normalized spacial score (nSPS) is 17.0. The molecule has 1 fully saturated rings. The van der Waals surface area contributed by atoms with Crippen molar-refractivity contribution < 1.29 is 18.0 Å². The summed E-state index contributed by atoms with van der Waals surface area (Å²) in [5.41, 5.74) is 1.78. The number of aromatic nitrogens is 2. The first-order valence-corrected chi connectivity index (χ1v) is 12.2. The summed E-state index contributed by atoms with van der Waals surface area (Å²) in [6.07, 6.45) is -3.57. The molecule has 1 aliphatic heterocycles. The van der Waals surface area contributed by atoms with E-state index in [-0.39, 0.29) is 17.5 Å².